The van der Waals surface area contributed by atoms with E-state index < -0.39 is 0 Å². The highest BCUT2D eigenvalue weighted by molar-refractivity contribution is 6.09. The first-order valence-corrected chi connectivity index (χ1v) is 9.94. The van der Waals surface area contributed by atoms with E-state index in [2.05, 4.69) is 20.4 Å². The topological polar surface area (TPSA) is 99.0 Å². The van der Waals surface area contributed by atoms with Gasteiger partial charge >= 0.3 is 0 Å². The molecule has 0 unspecified atom stereocenters. The number of nitrogens with one attached hydrogen (secondary N) is 1. The quantitative estimate of drug-likeness (QED) is 0.682. The maximum Gasteiger partial charge on any atom is 0.259 e. The average molecular weight is 410 g/mol. The molecule has 0 atom stereocenters. The molecular weight excluding hydrogens is 388 g/mol. The van der Waals surface area contributed by atoms with Crippen LogP contribution in [0.2, 0.25) is 0 Å². The van der Waals surface area contributed by atoms with Crippen LogP contribution >= 0.6 is 0 Å². The third kappa shape index (κ3) is 3.57. The number of morpholine rings is 1. The van der Waals surface area contributed by atoms with Gasteiger partial charge in [-0.15, -0.1) is 0 Å². The number of ether oxygens (including phenoxy) is 3. The van der Waals surface area contributed by atoms with Crippen LogP contribution in [-0.2, 0) is 4.74 Å². The second kappa shape index (κ2) is 7.92. The van der Waals surface area contributed by atoms with E-state index >= 15 is 0 Å². The van der Waals surface area contributed by atoms with E-state index in [4.69, 9.17) is 18.7 Å². The molecule has 0 bridgehead atoms. The molecule has 0 spiro atoms. The second-order valence-corrected chi connectivity index (χ2v) is 7.30. The molecule has 1 saturated heterocycles. The summed E-state index contributed by atoms with van der Waals surface area (Å²) < 4.78 is 21.7. The molecule has 0 saturated carbocycles. The van der Waals surface area contributed by atoms with Gasteiger partial charge in [0.05, 0.1) is 24.2 Å². The highest BCUT2D eigenvalue weighted by Gasteiger charge is 2.23. The van der Waals surface area contributed by atoms with Crippen LogP contribution in [0.15, 0.2) is 28.8 Å². The third-order valence-electron chi connectivity index (χ3n) is 5.28. The molecule has 2 aromatic heterocycles. The van der Waals surface area contributed by atoms with Crippen LogP contribution in [0.5, 0.6) is 11.5 Å². The van der Waals surface area contributed by atoms with E-state index in [0.717, 1.165) is 38.4 Å². The van der Waals surface area contributed by atoms with Crippen molar-refractivity contribution in [1.29, 1.82) is 0 Å². The van der Waals surface area contributed by atoms with E-state index in [1.165, 1.54) is 0 Å². The Hall–Kier alpha value is -3.17. The lowest BCUT2D eigenvalue weighted by Gasteiger charge is -2.26. The highest BCUT2D eigenvalue weighted by atomic mass is 16.7. The van der Waals surface area contributed by atoms with Crippen LogP contribution in [0.3, 0.4) is 0 Å². The number of hydrogen-bond acceptors (Lipinski definition) is 8. The number of hydrogen-bond donors (Lipinski definition) is 1. The summed E-state index contributed by atoms with van der Waals surface area (Å²) in [5, 5.41) is 7.79. The summed E-state index contributed by atoms with van der Waals surface area (Å²) in [6.07, 6.45) is 0. The van der Waals surface area contributed by atoms with Crippen LogP contribution in [0.4, 0.5) is 0 Å². The standard InChI is InChI=1S/C21H22N4O5/c1-13-10-15(20(26)22-4-5-25-6-8-27-9-7-25)18-19(24-30-21(18)23-13)14-2-3-16-17(11-14)29-12-28-16/h2-3,10-11H,4-9,12H2,1H3,(H,22,26). The van der Waals surface area contributed by atoms with Crippen molar-refractivity contribution in [2.75, 3.05) is 46.2 Å². The van der Waals surface area contributed by atoms with Crippen LogP contribution < -0.4 is 14.8 Å². The normalized spacial score (nSPS) is 16.2. The Morgan fingerprint density at radius 1 is 1.17 bits per heavy atom. The van der Waals surface area contributed by atoms with Gasteiger partial charge in [-0.25, -0.2) is 4.98 Å². The number of carbonyl (C=O) groups is 1. The molecule has 1 fully saturated rings. The molecule has 0 radical (unpaired) electrons. The fraction of sp³-hybridized carbons (Fsp3) is 0.381. The maximum atomic E-state index is 13.0. The Labute approximate surface area is 172 Å². The van der Waals surface area contributed by atoms with Gasteiger partial charge < -0.3 is 24.1 Å². The number of aryl methyl sites for hydroxylation is 1. The summed E-state index contributed by atoms with van der Waals surface area (Å²) in [7, 11) is 0. The molecule has 3 aromatic rings. The summed E-state index contributed by atoms with van der Waals surface area (Å²) in [5.74, 6) is 1.14. The third-order valence-corrected chi connectivity index (χ3v) is 5.28. The van der Waals surface area contributed by atoms with E-state index in [1.54, 1.807) is 6.07 Å². The summed E-state index contributed by atoms with van der Waals surface area (Å²) in [5.41, 5.74) is 2.84. The number of amides is 1. The molecule has 1 aromatic carbocycles. The molecule has 30 heavy (non-hydrogen) atoms. The van der Waals surface area contributed by atoms with Gasteiger partial charge in [0.2, 0.25) is 6.79 Å². The summed E-state index contributed by atoms with van der Waals surface area (Å²) in [6.45, 7) is 6.58. The Balaban J connectivity index is 1.42. The molecule has 0 aliphatic carbocycles. The highest BCUT2D eigenvalue weighted by Crippen LogP contribution is 2.38. The van der Waals surface area contributed by atoms with Gasteiger partial charge in [0.15, 0.2) is 11.5 Å². The Kier molecular flexibility index (Phi) is 4.97. The zero-order chi connectivity index (χ0) is 20.5. The van der Waals surface area contributed by atoms with E-state index in [1.807, 2.05) is 25.1 Å². The lowest BCUT2D eigenvalue weighted by molar-refractivity contribution is 0.0383. The van der Waals surface area contributed by atoms with Gasteiger partial charge in [-0.05, 0) is 31.2 Å². The Morgan fingerprint density at radius 2 is 2.00 bits per heavy atom. The number of carbonyl (C=O) groups excluding carboxylic acids is 1. The van der Waals surface area contributed by atoms with Crippen molar-refractivity contribution in [3.8, 4) is 22.8 Å². The van der Waals surface area contributed by atoms with Gasteiger partial charge in [0, 0.05) is 37.4 Å². The largest absolute Gasteiger partial charge is 0.454 e. The van der Waals surface area contributed by atoms with Crippen molar-refractivity contribution in [2.24, 2.45) is 0 Å². The Bertz CT molecular complexity index is 1090. The molecule has 9 heteroatoms. The SMILES string of the molecule is Cc1cc(C(=O)NCCN2CCOCC2)c2c(-c3ccc4c(c3)OCO4)noc2n1. The Morgan fingerprint density at radius 3 is 2.87 bits per heavy atom. The molecule has 1 N–H and O–H groups in total. The molecule has 4 heterocycles. The number of nitrogens with zero attached hydrogens (tertiary/aromatic N) is 3. The first kappa shape index (κ1) is 18.8. The maximum absolute atomic E-state index is 13.0. The molecule has 9 nitrogen and oxygen atoms in total. The van der Waals surface area contributed by atoms with Gasteiger partial charge in [0.25, 0.3) is 11.6 Å². The second-order valence-electron chi connectivity index (χ2n) is 7.30. The number of benzene rings is 1. The molecule has 2 aliphatic rings. The summed E-state index contributed by atoms with van der Waals surface area (Å²) >= 11 is 0. The zero-order valence-electron chi connectivity index (χ0n) is 16.6. The first-order valence-electron chi connectivity index (χ1n) is 9.94. The molecular formula is C21H22N4O5. The number of fused-ring (bicyclic) bond motifs is 2. The van der Waals surface area contributed by atoms with Crippen molar-refractivity contribution in [2.45, 2.75) is 6.92 Å². The van der Waals surface area contributed by atoms with Crippen LogP contribution in [0, 0.1) is 6.92 Å². The average Bonchev–Trinajstić information content (AvgIpc) is 3.40. The predicted octanol–water partition coefficient (Wildman–Crippen LogP) is 1.99. The summed E-state index contributed by atoms with van der Waals surface area (Å²) in [6, 6.07) is 7.28. The van der Waals surface area contributed by atoms with Gasteiger partial charge in [0.1, 0.15) is 5.69 Å². The van der Waals surface area contributed by atoms with Gasteiger partial charge in [-0.3, -0.25) is 9.69 Å². The monoisotopic (exact) mass is 410 g/mol. The van der Waals surface area contributed by atoms with Crippen LogP contribution in [0.25, 0.3) is 22.4 Å². The van der Waals surface area contributed by atoms with Crippen molar-refractivity contribution >= 4 is 17.0 Å². The van der Waals surface area contributed by atoms with Gasteiger partial charge in [-0.1, -0.05) is 5.16 Å². The fourth-order valence-electron chi connectivity index (χ4n) is 3.74. The minimum Gasteiger partial charge on any atom is -0.454 e. The molecule has 5 rings (SSSR count). The summed E-state index contributed by atoms with van der Waals surface area (Å²) in [4.78, 5) is 19.7. The number of aromatic nitrogens is 2. The predicted molar refractivity (Wildman–Crippen MR) is 108 cm³/mol. The lowest BCUT2D eigenvalue weighted by atomic mass is 10.0. The minimum atomic E-state index is -0.177. The van der Waals surface area contributed by atoms with Crippen molar-refractivity contribution in [1.82, 2.24) is 20.4 Å². The number of pyridine rings is 1. The molecule has 1 amide bonds. The van der Waals surface area contributed by atoms with Crippen LogP contribution in [0.1, 0.15) is 16.1 Å². The minimum absolute atomic E-state index is 0.177. The van der Waals surface area contributed by atoms with E-state index in [-0.39, 0.29) is 12.7 Å². The van der Waals surface area contributed by atoms with Crippen LogP contribution in [-0.4, -0.2) is 67.1 Å². The number of rotatable bonds is 5. The molecule has 156 valence electrons. The van der Waals surface area contributed by atoms with Crippen molar-refractivity contribution < 1.29 is 23.5 Å². The van der Waals surface area contributed by atoms with E-state index in [9.17, 15) is 4.79 Å². The van der Waals surface area contributed by atoms with Crippen molar-refractivity contribution in [3.05, 3.63) is 35.5 Å². The first-order chi connectivity index (χ1) is 14.7. The zero-order valence-corrected chi connectivity index (χ0v) is 16.6. The van der Waals surface area contributed by atoms with E-state index in [0.29, 0.717) is 46.1 Å². The fourth-order valence-corrected chi connectivity index (χ4v) is 3.74. The molecule has 2 aliphatic heterocycles. The lowest BCUT2D eigenvalue weighted by Crippen LogP contribution is -2.41. The van der Waals surface area contributed by atoms with Gasteiger partial charge in [-0.2, -0.15) is 0 Å². The smallest absolute Gasteiger partial charge is 0.259 e. The van der Waals surface area contributed by atoms with Crippen molar-refractivity contribution in [3.63, 3.8) is 0 Å².